The molecule has 90 valence electrons. The van der Waals surface area contributed by atoms with E-state index in [9.17, 15) is 5.11 Å². The largest absolute Gasteiger partial charge is 0.387 e. The minimum Gasteiger partial charge on any atom is -0.387 e. The third-order valence-electron chi connectivity index (χ3n) is 3.46. The monoisotopic (exact) mass is 230 g/mol. The van der Waals surface area contributed by atoms with Crippen LogP contribution in [0.3, 0.4) is 0 Å². The molecule has 0 amide bonds. The minimum atomic E-state index is -0.415. The second-order valence-corrected chi connectivity index (χ2v) is 4.91. The first-order valence-electron chi connectivity index (χ1n) is 6.21. The summed E-state index contributed by atoms with van der Waals surface area (Å²) in [5, 5.41) is 14.8. The van der Waals surface area contributed by atoms with E-state index in [1.54, 1.807) is 0 Å². The molecule has 2 N–H and O–H groups in total. The molecule has 1 aliphatic carbocycles. The van der Waals surface area contributed by atoms with Crippen LogP contribution >= 0.6 is 0 Å². The number of aliphatic hydroxyl groups is 1. The van der Waals surface area contributed by atoms with Gasteiger partial charge in [0.05, 0.1) is 6.10 Å². The molecule has 0 radical (unpaired) electrons. The van der Waals surface area contributed by atoms with Gasteiger partial charge in [-0.05, 0) is 18.9 Å². The van der Waals surface area contributed by atoms with Crippen molar-refractivity contribution in [3.8, 4) is 0 Å². The molecular weight excluding hydrogens is 212 g/mol. The fourth-order valence-corrected chi connectivity index (χ4v) is 2.31. The van der Waals surface area contributed by atoms with E-state index in [0.717, 1.165) is 10.9 Å². The normalized spacial score (nSPS) is 17.5. The fourth-order valence-electron chi connectivity index (χ4n) is 2.31. The average Bonchev–Trinajstić information content (AvgIpc) is 3.11. The second kappa shape index (κ2) is 4.17. The topological polar surface area (TPSA) is 37.2 Å². The number of para-hydroxylation sites is 1. The van der Waals surface area contributed by atoms with Crippen LogP contribution in [0, 0.1) is 0 Å². The highest BCUT2D eigenvalue weighted by atomic mass is 16.3. The van der Waals surface area contributed by atoms with Gasteiger partial charge in [-0.15, -0.1) is 0 Å². The van der Waals surface area contributed by atoms with Crippen LogP contribution in [0.4, 0.5) is 0 Å². The van der Waals surface area contributed by atoms with Crippen LogP contribution in [0.15, 0.2) is 30.5 Å². The first kappa shape index (κ1) is 10.8. The maximum absolute atomic E-state index is 10.2. The molecule has 1 fully saturated rings. The summed E-state index contributed by atoms with van der Waals surface area (Å²) in [4.78, 5) is 0. The molecule has 0 bridgehead atoms. The number of aromatic nitrogens is 1. The molecule has 1 unspecified atom stereocenters. The van der Waals surface area contributed by atoms with Crippen molar-refractivity contribution in [2.45, 2.75) is 25.0 Å². The van der Waals surface area contributed by atoms with Gasteiger partial charge < -0.3 is 15.0 Å². The molecule has 0 spiro atoms. The van der Waals surface area contributed by atoms with Gasteiger partial charge >= 0.3 is 0 Å². The van der Waals surface area contributed by atoms with Gasteiger partial charge in [0.25, 0.3) is 0 Å². The van der Waals surface area contributed by atoms with Crippen molar-refractivity contribution >= 4 is 10.9 Å². The lowest BCUT2D eigenvalue weighted by molar-refractivity contribution is 0.175. The Balaban J connectivity index is 1.87. The van der Waals surface area contributed by atoms with Crippen LogP contribution in [-0.2, 0) is 7.05 Å². The number of hydrogen-bond acceptors (Lipinski definition) is 2. The SMILES string of the molecule is Cn1cc(C(O)CNC2CC2)c2ccccc21. The molecule has 1 heterocycles. The van der Waals surface area contributed by atoms with E-state index in [4.69, 9.17) is 0 Å². The summed E-state index contributed by atoms with van der Waals surface area (Å²) < 4.78 is 2.07. The number of rotatable bonds is 4. The number of aryl methyl sites for hydroxylation is 1. The lowest BCUT2D eigenvalue weighted by Crippen LogP contribution is -2.23. The maximum atomic E-state index is 10.2. The molecule has 3 rings (SSSR count). The van der Waals surface area contributed by atoms with Gasteiger partial charge in [-0.25, -0.2) is 0 Å². The van der Waals surface area contributed by atoms with E-state index in [1.165, 1.54) is 18.4 Å². The van der Waals surface area contributed by atoms with E-state index in [1.807, 2.05) is 25.4 Å². The summed E-state index contributed by atoms with van der Waals surface area (Å²) in [6, 6.07) is 8.85. The molecule has 1 aliphatic rings. The standard InChI is InChI=1S/C14H18N2O/c1-16-9-12(11-4-2-3-5-13(11)16)14(17)8-15-10-6-7-10/h2-5,9-10,14-15,17H,6-8H2,1H3. The molecule has 1 atom stereocenters. The molecule has 3 nitrogen and oxygen atoms in total. The first-order chi connectivity index (χ1) is 8.25. The third-order valence-corrected chi connectivity index (χ3v) is 3.46. The quantitative estimate of drug-likeness (QED) is 0.842. The molecule has 17 heavy (non-hydrogen) atoms. The smallest absolute Gasteiger partial charge is 0.0935 e. The summed E-state index contributed by atoms with van der Waals surface area (Å²) in [7, 11) is 2.02. The van der Waals surface area contributed by atoms with Gasteiger partial charge in [0.2, 0.25) is 0 Å². The number of fused-ring (bicyclic) bond motifs is 1. The van der Waals surface area contributed by atoms with Gasteiger partial charge in [-0.3, -0.25) is 0 Å². The van der Waals surface area contributed by atoms with Gasteiger partial charge in [-0.1, -0.05) is 18.2 Å². The van der Waals surface area contributed by atoms with Crippen LogP contribution < -0.4 is 5.32 Å². The molecule has 2 aromatic rings. The highest BCUT2D eigenvalue weighted by molar-refractivity contribution is 5.84. The average molecular weight is 230 g/mol. The lowest BCUT2D eigenvalue weighted by atomic mass is 10.1. The van der Waals surface area contributed by atoms with E-state index in [-0.39, 0.29) is 0 Å². The number of hydrogen-bond donors (Lipinski definition) is 2. The molecule has 1 saturated carbocycles. The predicted molar refractivity (Wildman–Crippen MR) is 68.9 cm³/mol. The second-order valence-electron chi connectivity index (χ2n) is 4.91. The minimum absolute atomic E-state index is 0.415. The zero-order chi connectivity index (χ0) is 11.8. The van der Waals surface area contributed by atoms with Crippen LogP contribution in [0.1, 0.15) is 24.5 Å². The number of nitrogens with zero attached hydrogens (tertiary/aromatic N) is 1. The van der Waals surface area contributed by atoms with Crippen LogP contribution in [0.5, 0.6) is 0 Å². The van der Waals surface area contributed by atoms with Crippen molar-refractivity contribution in [3.63, 3.8) is 0 Å². The Morgan fingerprint density at radius 2 is 2.18 bits per heavy atom. The maximum Gasteiger partial charge on any atom is 0.0935 e. The summed E-state index contributed by atoms with van der Waals surface area (Å²) in [5.74, 6) is 0. The van der Waals surface area contributed by atoms with Gasteiger partial charge in [0.1, 0.15) is 0 Å². The molecule has 1 aromatic heterocycles. The van der Waals surface area contributed by atoms with E-state index in [0.29, 0.717) is 12.6 Å². The van der Waals surface area contributed by atoms with Gasteiger partial charge in [-0.2, -0.15) is 0 Å². The Hall–Kier alpha value is -1.32. The zero-order valence-corrected chi connectivity index (χ0v) is 10.1. The Labute approximate surface area is 101 Å². The van der Waals surface area contributed by atoms with Crippen molar-refractivity contribution in [3.05, 3.63) is 36.0 Å². The highest BCUT2D eigenvalue weighted by Gasteiger charge is 2.22. The van der Waals surface area contributed by atoms with Gasteiger partial charge in [0.15, 0.2) is 0 Å². The van der Waals surface area contributed by atoms with Crippen LogP contribution in [-0.4, -0.2) is 22.3 Å². The first-order valence-corrected chi connectivity index (χ1v) is 6.21. The van der Waals surface area contributed by atoms with E-state index >= 15 is 0 Å². The van der Waals surface area contributed by atoms with Crippen molar-refractivity contribution in [2.24, 2.45) is 7.05 Å². The Kier molecular flexibility index (Phi) is 2.65. The van der Waals surface area contributed by atoms with Crippen molar-refractivity contribution < 1.29 is 5.11 Å². The zero-order valence-electron chi connectivity index (χ0n) is 10.1. The van der Waals surface area contributed by atoms with Crippen LogP contribution in [0.25, 0.3) is 10.9 Å². The van der Waals surface area contributed by atoms with E-state index in [2.05, 4.69) is 22.0 Å². The van der Waals surface area contributed by atoms with Crippen molar-refractivity contribution in [2.75, 3.05) is 6.54 Å². The summed E-state index contributed by atoms with van der Waals surface area (Å²) in [5.41, 5.74) is 2.20. The summed E-state index contributed by atoms with van der Waals surface area (Å²) in [6.45, 7) is 0.651. The Morgan fingerprint density at radius 1 is 1.41 bits per heavy atom. The molecule has 0 aliphatic heterocycles. The highest BCUT2D eigenvalue weighted by Crippen LogP contribution is 2.26. The number of nitrogens with one attached hydrogen (secondary N) is 1. The molecule has 3 heteroatoms. The van der Waals surface area contributed by atoms with Crippen molar-refractivity contribution in [1.29, 1.82) is 0 Å². The molecule has 0 saturated heterocycles. The third kappa shape index (κ3) is 2.08. The molecule has 1 aromatic carbocycles. The van der Waals surface area contributed by atoms with Gasteiger partial charge in [0, 0.05) is 42.3 Å². The fraction of sp³-hybridized carbons (Fsp3) is 0.429. The number of benzene rings is 1. The van der Waals surface area contributed by atoms with Crippen molar-refractivity contribution in [1.82, 2.24) is 9.88 Å². The predicted octanol–water partition coefficient (Wildman–Crippen LogP) is 1.96. The van der Waals surface area contributed by atoms with E-state index < -0.39 is 6.10 Å². The lowest BCUT2D eigenvalue weighted by Gasteiger charge is -2.10. The van der Waals surface area contributed by atoms with Crippen LogP contribution in [0.2, 0.25) is 0 Å². The summed E-state index contributed by atoms with van der Waals surface area (Å²) >= 11 is 0. The Bertz CT molecular complexity index is 528. The summed E-state index contributed by atoms with van der Waals surface area (Å²) in [6.07, 6.45) is 4.12. The number of aliphatic hydroxyl groups excluding tert-OH is 1. The molecular formula is C14H18N2O. The Morgan fingerprint density at radius 3 is 2.94 bits per heavy atom.